The van der Waals surface area contributed by atoms with Gasteiger partial charge in [-0.2, -0.15) is 0 Å². The third kappa shape index (κ3) is 4.66. The van der Waals surface area contributed by atoms with Crippen LogP contribution in [0.3, 0.4) is 0 Å². The fraction of sp³-hybridized carbons (Fsp3) is 0.0217. The molecule has 2 nitrogen and oxygen atoms in total. The van der Waals surface area contributed by atoms with Crippen molar-refractivity contribution in [3.8, 4) is 11.1 Å². The summed E-state index contributed by atoms with van der Waals surface area (Å²) in [6.45, 7) is 0. The van der Waals surface area contributed by atoms with E-state index in [4.69, 9.17) is 9.41 Å². The summed E-state index contributed by atoms with van der Waals surface area (Å²) in [4.78, 5) is 5.53. The van der Waals surface area contributed by atoms with E-state index in [1.807, 2.05) is 11.3 Å². The molecule has 230 valence electrons. The lowest BCUT2D eigenvalue weighted by Gasteiger charge is -2.08. The van der Waals surface area contributed by atoms with E-state index in [2.05, 4.69) is 164 Å². The molecular formula is C46H29NOS. The number of hydrogen-bond acceptors (Lipinski definition) is 3. The third-order valence-electron chi connectivity index (χ3n) is 9.75. The highest BCUT2D eigenvalue weighted by molar-refractivity contribution is 7.26. The maximum absolute atomic E-state index is 6.74. The lowest BCUT2D eigenvalue weighted by molar-refractivity contribution is 0.670. The lowest BCUT2D eigenvalue weighted by atomic mass is 9.95. The van der Waals surface area contributed by atoms with Gasteiger partial charge in [0.25, 0.3) is 0 Å². The predicted molar refractivity (Wildman–Crippen MR) is 210 cm³/mol. The number of thiophene rings is 1. The zero-order valence-electron chi connectivity index (χ0n) is 26.6. The molecule has 0 fully saturated rings. The second kappa shape index (κ2) is 11.3. The Morgan fingerprint density at radius 1 is 0.551 bits per heavy atom. The fourth-order valence-corrected chi connectivity index (χ4v) is 8.62. The van der Waals surface area contributed by atoms with Gasteiger partial charge in [0.2, 0.25) is 0 Å². The first-order chi connectivity index (χ1) is 24.3. The van der Waals surface area contributed by atoms with Crippen LogP contribution < -0.4 is 0 Å². The van der Waals surface area contributed by atoms with Crippen molar-refractivity contribution in [1.82, 2.24) is 0 Å². The Bertz CT molecular complexity index is 2850. The van der Waals surface area contributed by atoms with Gasteiger partial charge in [0.1, 0.15) is 11.2 Å². The fourth-order valence-electron chi connectivity index (χ4n) is 7.39. The highest BCUT2D eigenvalue weighted by Gasteiger charge is 2.20. The monoisotopic (exact) mass is 643 g/mol. The van der Waals surface area contributed by atoms with Gasteiger partial charge in [-0.05, 0) is 58.2 Å². The average Bonchev–Trinajstić information content (AvgIpc) is 3.66. The van der Waals surface area contributed by atoms with Crippen molar-refractivity contribution in [2.45, 2.75) is 6.42 Å². The molecule has 2 aromatic heterocycles. The molecule has 0 radical (unpaired) electrons. The van der Waals surface area contributed by atoms with Crippen molar-refractivity contribution in [3.63, 3.8) is 0 Å². The summed E-state index contributed by atoms with van der Waals surface area (Å²) in [6, 6.07) is 54.0. The van der Waals surface area contributed by atoms with Gasteiger partial charge >= 0.3 is 0 Å². The summed E-state index contributed by atoms with van der Waals surface area (Å²) in [7, 11) is 0. The predicted octanol–water partition coefficient (Wildman–Crippen LogP) is 13.1. The molecule has 0 unspecified atom stereocenters. The van der Waals surface area contributed by atoms with Gasteiger partial charge in [0, 0.05) is 47.6 Å². The van der Waals surface area contributed by atoms with Crippen LogP contribution in [0, 0.1) is 0 Å². The number of hydrogen-bond donors (Lipinski definition) is 0. The smallest absolute Gasteiger partial charge is 0.143 e. The Morgan fingerprint density at radius 3 is 2.20 bits per heavy atom. The van der Waals surface area contributed by atoms with Gasteiger partial charge in [-0.3, -0.25) is 0 Å². The van der Waals surface area contributed by atoms with Crippen LogP contribution in [0.2, 0.25) is 0 Å². The Kier molecular flexibility index (Phi) is 6.46. The molecule has 0 bridgehead atoms. The highest BCUT2D eigenvalue weighted by atomic mass is 32.1. The second-order valence-corrected chi connectivity index (χ2v) is 13.7. The molecule has 0 aliphatic carbocycles. The largest absolute Gasteiger partial charge is 0.455 e. The first kappa shape index (κ1) is 28.0. The Hall–Kier alpha value is -6.03. The van der Waals surface area contributed by atoms with E-state index in [1.165, 1.54) is 47.6 Å². The van der Waals surface area contributed by atoms with Crippen LogP contribution in [0.1, 0.15) is 23.1 Å². The van der Waals surface area contributed by atoms with Crippen LogP contribution in [-0.2, 0) is 0 Å². The van der Waals surface area contributed by atoms with Gasteiger partial charge in [0.15, 0.2) is 0 Å². The molecule has 3 heteroatoms. The van der Waals surface area contributed by atoms with Gasteiger partial charge < -0.3 is 4.42 Å². The maximum Gasteiger partial charge on any atom is 0.143 e. The number of allylic oxidation sites excluding steroid dienone is 3. The van der Waals surface area contributed by atoms with E-state index < -0.39 is 0 Å². The first-order valence-electron chi connectivity index (χ1n) is 16.7. The van der Waals surface area contributed by atoms with Crippen molar-refractivity contribution in [2.75, 3.05) is 0 Å². The Balaban J connectivity index is 1.20. The summed E-state index contributed by atoms with van der Waals surface area (Å²) in [5, 5.41) is 7.20. The summed E-state index contributed by atoms with van der Waals surface area (Å²) in [5.74, 6) is 0. The number of fused-ring (bicyclic) bond motifs is 7. The van der Waals surface area contributed by atoms with Crippen molar-refractivity contribution in [1.29, 1.82) is 0 Å². The molecule has 0 saturated carbocycles. The van der Waals surface area contributed by atoms with Crippen LogP contribution in [0.4, 0.5) is 0 Å². The van der Waals surface area contributed by atoms with Crippen LogP contribution in [0.5, 0.6) is 0 Å². The second-order valence-electron chi connectivity index (χ2n) is 12.6. The summed E-state index contributed by atoms with van der Waals surface area (Å²) in [5.41, 5.74) is 10.6. The normalized spacial score (nSPS) is 13.6. The number of aliphatic imine (C=N–C) groups is 1. The minimum atomic E-state index is 0.780. The van der Waals surface area contributed by atoms with Crippen molar-refractivity contribution >= 4 is 81.2 Å². The quantitative estimate of drug-likeness (QED) is 0.187. The van der Waals surface area contributed by atoms with Crippen LogP contribution in [0.25, 0.3) is 75.3 Å². The molecule has 0 amide bonds. The Morgan fingerprint density at radius 2 is 1.29 bits per heavy atom. The number of rotatable bonds is 4. The van der Waals surface area contributed by atoms with E-state index >= 15 is 0 Å². The maximum atomic E-state index is 6.74. The average molecular weight is 644 g/mol. The molecule has 10 rings (SSSR count). The molecule has 1 aliphatic heterocycles. The molecule has 3 heterocycles. The van der Waals surface area contributed by atoms with E-state index in [0.29, 0.717) is 0 Å². The standard InChI is InChI=1S/C46H29NOS/c1-2-11-29(12-3-1)32-25-26-40(38-19-9-17-36-35-15-6-7-22-43(35)49-46(36)38)47-41(28-32)37-18-10-21-42-44(37)39-20-8-16-34(45(39)48-42)33-24-23-30-13-4-5-14-31(30)27-33/h1-24,26-28H,25H2. The summed E-state index contributed by atoms with van der Waals surface area (Å²) < 4.78 is 9.30. The number of furan rings is 1. The van der Waals surface area contributed by atoms with Crippen molar-refractivity contribution < 1.29 is 4.42 Å². The van der Waals surface area contributed by atoms with Gasteiger partial charge in [-0.25, -0.2) is 4.99 Å². The Labute approximate surface area is 287 Å². The zero-order valence-corrected chi connectivity index (χ0v) is 27.4. The van der Waals surface area contributed by atoms with Crippen LogP contribution >= 0.6 is 11.3 Å². The number of para-hydroxylation sites is 1. The first-order valence-corrected chi connectivity index (χ1v) is 17.5. The van der Waals surface area contributed by atoms with Crippen molar-refractivity contribution in [3.05, 3.63) is 181 Å². The van der Waals surface area contributed by atoms with Gasteiger partial charge in [-0.15, -0.1) is 11.3 Å². The summed E-state index contributed by atoms with van der Waals surface area (Å²) in [6.07, 6.45) is 5.36. The van der Waals surface area contributed by atoms with E-state index in [0.717, 1.165) is 56.5 Å². The van der Waals surface area contributed by atoms with Crippen LogP contribution in [-0.4, -0.2) is 5.71 Å². The third-order valence-corrected chi connectivity index (χ3v) is 11.0. The SMILES string of the molecule is C1=C(c2ccccc2)CC=C(c2cccc3c2sc2ccccc23)N=C1c1cccc2oc3c(-c4ccc5ccccc5c4)cccc3c12. The zero-order chi connectivity index (χ0) is 32.3. The van der Waals surface area contributed by atoms with E-state index in [1.54, 1.807) is 0 Å². The van der Waals surface area contributed by atoms with Crippen molar-refractivity contribution in [2.24, 2.45) is 4.99 Å². The molecule has 9 aromatic rings. The molecule has 0 spiro atoms. The van der Waals surface area contributed by atoms with Gasteiger partial charge in [0.05, 0.1) is 11.4 Å². The number of benzene rings is 7. The lowest BCUT2D eigenvalue weighted by Crippen LogP contribution is -1.99. The molecule has 0 N–H and O–H groups in total. The minimum absolute atomic E-state index is 0.780. The van der Waals surface area contributed by atoms with Crippen LogP contribution in [0.15, 0.2) is 173 Å². The molecule has 7 aromatic carbocycles. The van der Waals surface area contributed by atoms with Gasteiger partial charge in [-0.1, -0.05) is 140 Å². The number of nitrogens with zero attached hydrogens (tertiary/aromatic N) is 1. The molecule has 1 aliphatic rings. The van der Waals surface area contributed by atoms with E-state index in [9.17, 15) is 0 Å². The molecule has 49 heavy (non-hydrogen) atoms. The molecular weight excluding hydrogens is 615 g/mol. The topological polar surface area (TPSA) is 25.5 Å². The minimum Gasteiger partial charge on any atom is -0.455 e. The molecule has 0 saturated heterocycles. The molecule has 0 atom stereocenters. The summed E-state index contributed by atoms with van der Waals surface area (Å²) >= 11 is 1.85. The van der Waals surface area contributed by atoms with E-state index in [-0.39, 0.29) is 0 Å². The highest BCUT2D eigenvalue weighted by Crippen LogP contribution is 2.42.